The first-order valence-corrected chi connectivity index (χ1v) is 6.45. The van der Waals surface area contributed by atoms with Gasteiger partial charge in [-0.15, -0.1) is 0 Å². The van der Waals surface area contributed by atoms with E-state index >= 15 is 0 Å². The minimum Gasteiger partial charge on any atom is -0.459 e. The molecule has 7 nitrogen and oxygen atoms in total. The average molecular weight is 282 g/mol. The van der Waals surface area contributed by atoms with Gasteiger partial charge in [-0.05, 0) is 19.1 Å². The van der Waals surface area contributed by atoms with Crippen LogP contribution < -0.4 is 5.32 Å². The molecular weight excluding hydrogens is 264 g/mol. The fraction of sp³-hybridized carbons (Fsp3) is 0.538. The summed E-state index contributed by atoms with van der Waals surface area (Å²) in [7, 11) is 0. The molecule has 110 valence electrons. The molecule has 20 heavy (non-hydrogen) atoms. The van der Waals surface area contributed by atoms with E-state index in [4.69, 9.17) is 14.3 Å². The summed E-state index contributed by atoms with van der Waals surface area (Å²) in [5.41, 5.74) is 0. The van der Waals surface area contributed by atoms with Crippen LogP contribution in [0.2, 0.25) is 0 Å². The van der Waals surface area contributed by atoms with Crippen molar-refractivity contribution in [2.24, 2.45) is 0 Å². The van der Waals surface area contributed by atoms with Crippen molar-refractivity contribution in [3.8, 4) is 0 Å². The maximum atomic E-state index is 11.8. The van der Waals surface area contributed by atoms with Gasteiger partial charge in [0.05, 0.1) is 31.6 Å². The molecule has 1 aromatic rings. The second kappa shape index (κ2) is 6.65. The number of aliphatic hydroxyl groups excluding tert-OH is 1. The van der Waals surface area contributed by atoms with Gasteiger partial charge in [0, 0.05) is 13.1 Å². The van der Waals surface area contributed by atoms with Gasteiger partial charge in [-0.1, -0.05) is 0 Å². The fourth-order valence-corrected chi connectivity index (χ4v) is 2.21. The molecule has 0 aliphatic carbocycles. The second-order valence-corrected chi connectivity index (χ2v) is 4.80. The summed E-state index contributed by atoms with van der Waals surface area (Å²) in [4.78, 5) is 25.3. The maximum absolute atomic E-state index is 11.8. The fourth-order valence-electron chi connectivity index (χ4n) is 2.21. The quantitative estimate of drug-likeness (QED) is 0.782. The molecule has 2 N–H and O–H groups in total. The molecule has 0 spiro atoms. The lowest BCUT2D eigenvalue weighted by Gasteiger charge is -2.35. The van der Waals surface area contributed by atoms with Gasteiger partial charge in [0.25, 0.3) is 5.91 Å². The third-order valence-electron chi connectivity index (χ3n) is 2.97. The maximum Gasteiger partial charge on any atom is 0.293 e. The first kappa shape index (κ1) is 14.7. The summed E-state index contributed by atoms with van der Waals surface area (Å²) in [5, 5.41) is 11.4. The number of nitrogens with one attached hydrogen (secondary N) is 1. The minimum absolute atomic E-state index is 0.0607. The standard InChI is InChI=1S/C13H18N2O5/c1-9-5-15(6-10(8-16)20-9)7-12(17)14-13(18)11-3-2-4-19-11/h2-4,9-10,16H,5-8H2,1H3,(H,14,17,18). The Labute approximate surface area is 116 Å². The average Bonchev–Trinajstić information content (AvgIpc) is 2.91. The monoisotopic (exact) mass is 282 g/mol. The largest absolute Gasteiger partial charge is 0.459 e. The van der Waals surface area contributed by atoms with Gasteiger partial charge in [-0.2, -0.15) is 0 Å². The third-order valence-corrected chi connectivity index (χ3v) is 2.97. The van der Waals surface area contributed by atoms with Crippen LogP contribution in [-0.2, 0) is 9.53 Å². The van der Waals surface area contributed by atoms with E-state index < -0.39 is 11.8 Å². The predicted molar refractivity (Wildman–Crippen MR) is 69.0 cm³/mol. The Morgan fingerprint density at radius 3 is 2.95 bits per heavy atom. The number of hydrogen-bond acceptors (Lipinski definition) is 6. The molecule has 0 radical (unpaired) electrons. The summed E-state index contributed by atoms with van der Waals surface area (Å²) < 4.78 is 10.4. The lowest BCUT2D eigenvalue weighted by molar-refractivity contribution is -0.127. The first-order chi connectivity index (χ1) is 9.58. The molecule has 1 aliphatic heterocycles. The van der Waals surface area contributed by atoms with Gasteiger partial charge < -0.3 is 14.3 Å². The van der Waals surface area contributed by atoms with Crippen LogP contribution in [0.3, 0.4) is 0 Å². The Bertz CT molecular complexity index is 459. The number of carbonyl (C=O) groups excluding carboxylic acids is 2. The Morgan fingerprint density at radius 1 is 1.50 bits per heavy atom. The number of ether oxygens (including phenoxy) is 1. The van der Waals surface area contributed by atoms with Gasteiger partial charge in [0.2, 0.25) is 5.91 Å². The Morgan fingerprint density at radius 2 is 2.30 bits per heavy atom. The normalized spacial score (nSPS) is 23.5. The van der Waals surface area contributed by atoms with Crippen molar-refractivity contribution in [2.45, 2.75) is 19.1 Å². The van der Waals surface area contributed by atoms with Crippen molar-refractivity contribution in [3.05, 3.63) is 24.2 Å². The van der Waals surface area contributed by atoms with Crippen LogP contribution in [0.25, 0.3) is 0 Å². The SMILES string of the molecule is CC1CN(CC(=O)NC(=O)c2ccco2)CC(CO)O1. The molecule has 7 heteroatoms. The Balaban J connectivity index is 1.83. The highest BCUT2D eigenvalue weighted by atomic mass is 16.5. The highest BCUT2D eigenvalue weighted by molar-refractivity contribution is 6.03. The summed E-state index contributed by atoms with van der Waals surface area (Å²) in [6.45, 7) is 2.91. The summed E-state index contributed by atoms with van der Waals surface area (Å²) in [5.74, 6) is -0.862. The number of aliphatic hydroxyl groups is 1. The van der Waals surface area contributed by atoms with Crippen LogP contribution >= 0.6 is 0 Å². The smallest absolute Gasteiger partial charge is 0.293 e. The Hall–Kier alpha value is -1.70. The zero-order valence-electron chi connectivity index (χ0n) is 11.2. The van der Waals surface area contributed by atoms with Crippen LogP contribution in [0.4, 0.5) is 0 Å². The zero-order valence-corrected chi connectivity index (χ0v) is 11.2. The number of rotatable bonds is 4. The van der Waals surface area contributed by atoms with Crippen molar-refractivity contribution >= 4 is 11.8 Å². The molecule has 2 amide bonds. The molecular formula is C13H18N2O5. The molecule has 1 saturated heterocycles. The van der Waals surface area contributed by atoms with Crippen LogP contribution in [-0.4, -0.2) is 60.3 Å². The van der Waals surface area contributed by atoms with Crippen LogP contribution in [0.5, 0.6) is 0 Å². The molecule has 0 bridgehead atoms. The molecule has 2 rings (SSSR count). The van der Waals surface area contributed by atoms with E-state index in [0.29, 0.717) is 13.1 Å². The molecule has 2 atom stereocenters. The second-order valence-electron chi connectivity index (χ2n) is 4.80. The van der Waals surface area contributed by atoms with Crippen molar-refractivity contribution in [3.63, 3.8) is 0 Å². The number of imide groups is 1. The Kier molecular flexibility index (Phi) is 4.89. The number of morpholine rings is 1. The van der Waals surface area contributed by atoms with Crippen molar-refractivity contribution in [1.82, 2.24) is 10.2 Å². The van der Waals surface area contributed by atoms with Gasteiger partial charge in [0.1, 0.15) is 0 Å². The number of furan rings is 1. The third kappa shape index (κ3) is 3.89. The number of amides is 2. The summed E-state index contributed by atoms with van der Waals surface area (Å²) in [6, 6.07) is 3.07. The number of carbonyl (C=O) groups is 2. The van der Waals surface area contributed by atoms with E-state index in [2.05, 4.69) is 5.32 Å². The predicted octanol–water partition coefficient (Wildman–Crippen LogP) is -0.382. The van der Waals surface area contributed by atoms with Gasteiger partial charge in [-0.3, -0.25) is 19.8 Å². The van der Waals surface area contributed by atoms with Gasteiger partial charge in [-0.25, -0.2) is 0 Å². The topological polar surface area (TPSA) is 92.0 Å². The highest BCUT2D eigenvalue weighted by Gasteiger charge is 2.26. The molecule has 1 fully saturated rings. The van der Waals surface area contributed by atoms with E-state index in [9.17, 15) is 9.59 Å². The van der Waals surface area contributed by atoms with Gasteiger partial charge >= 0.3 is 0 Å². The van der Waals surface area contributed by atoms with Crippen LogP contribution in [0, 0.1) is 0 Å². The first-order valence-electron chi connectivity index (χ1n) is 6.45. The zero-order chi connectivity index (χ0) is 14.5. The molecule has 0 aromatic carbocycles. The van der Waals surface area contributed by atoms with E-state index in [1.54, 1.807) is 6.07 Å². The van der Waals surface area contributed by atoms with Crippen LogP contribution in [0.1, 0.15) is 17.5 Å². The molecule has 2 unspecified atom stereocenters. The molecule has 1 aliphatic rings. The number of nitrogens with zero attached hydrogens (tertiary/aromatic N) is 1. The summed E-state index contributed by atoms with van der Waals surface area (Å²) >= 11 is 0. The van der Waals surface area contributed by atoms with E-state index in [1.807, 2.05) is 11.8 Å². The van der Waals surface area contributed by atoms with Crippen molar-refractivity contribution in [2.75, 3.05) is 26.2 Å². The minimum atomic E-state index is -0.556. The van der Waals surface area contributed by atoms with Crippen LogP contribution in [0.15, 0.2) is 22.8 Å². The molecule has 1 aromatic heterocycles. The highest BCUT2D eigenvalue weighted by Crippen LogP contribution is 2.10. The van der Waals surface area contributed by atoms with E-state index in [-0.39, 0.29) is 31.1 Å². The molecule has 2 heterocycles. The van der Waals surface area contributed by atoms with Gasteiger partial charge in [0.15, 0.2) is 5.76 Å². The summed E-state index contributed by atoms with van der Waals surface area (Å²) in [6.07, 6.45) is 1.01. The lowest BCUT2D eigenvalue weighted by Crippen LogP contribution is -2.51. The number of hydrogen-bond donors (Lipinski definition) is 2. The van der Waals surface area contributed by atoms with Crippen molar-refractivity contribution in [1.29, 1.82) is 0 Å². The lowest BCUT2D eigenvalue weighted by atomic mass is 10.2. The van der Waals surface area contributed by atoms with E-state index in [0.717, 1.165) is 0 Å². The van der Waals surface area contributed by atoms with E-state index in [1.165, 1.54) is 12.3 Å². The molecule has 0 saturated carbocycles. The van der Waals surface area contributed by atoms with Crippen molar-refractivity contribution < 1.29 is 23.8 Å².